The monoisotopic (exact) mass is 136 g/mol. The maximum atomic E-state index is 3.64. The van der Waals surface area contributed by atoms with E-state index < -0.39 is 0 Å². The van der Waals surface area contributed by atoms with E-state index in [0.717, 1.165) is 0 Å². The second kappa shape index (κ2) is 4.10. The molecule has 0 N–H and O–H groups in total. The van der Waals surface area contributed by atoms with Crippen molar-refractivity contribution < 1.29 is 0 Å². The summed E-state index contributed by atoms with van der Waals surface area (Å²) in [7, 11) is 0. The number of allylic oxidation sites excluding steroid dienone is 5. The molecule has 0 aromatic rings. The summed E-state index contributed by atoms with van der Waals surface area (Å²) in [6.45, 7) is 12.1. The van der Waals surface area contributed by atoms with Crippen molar-refractivity contribution in [2.75, 3.05) is 0 Å². The minimum atomic E-state index is 1.30. The molecule has 56 valence electrons. The summed E-state index contributed by atoms with van der Waals surface area (Å²) in [4.78, 5) is 0. The summed E-state index contributed by atoms with van der Waals surface area (Å²) in [6, 6.07) is 0. The van der Waals surface area contributed by atoms with Gasteiger partial charge < -0.3 is 0 Å². The van der Waals surface area contributed by atoms with E-state index in [1.165, 1.54) is 16.7 Å². The lowest BCUT2D eigenvalue weighted by atomic mass is 10.1. The van der Waals surface area contributed by atoms with E-state index in [-0.39, 0.29) is 0 Å². The quantitative estimate of drug-likeness (QED) is 0.510. The second-order valence-electron chi connectivity index (χ2n) is 2.71. The third-order valence-electron chi connectivity index (χ3n) is 1.71. The number of hydrogen-bond donors (Lipinski definition) is 0. The smallest absolute Gasteiger partial charge is 0.0395 e. The standard InChI is InChI=1S/C10H16/c1-6-7-9(4)10(5)8(2)3/h6-7H,1H2,2-5H3. The molecule has 0 bridgehead atoms. The van der Waals surface area contributed by atoms with Gasteiger partial charge in [0.1, 0.15) is 0 Å². The molecular formula is C10H16. The van der Waals surface area contributed by atoms with Crippen LogP contribution in [-0.2, 0) is 0 Å². The first-order valence-corrected chi connectivity index (χ1v) is 3.53. The van der Waals surface area contributed by atoms with Gasteiger partial charge in [0, 0.05) is 0 Å². The molecule has 0 nitrogen and oxygen atoms in total. The Labute approximate surface area is 64.0 Å². The molecule has 0 heteroatoms. The van der Waals surface area contributed by atoms with Crippen molar-refractivity contribution in [3.05, 3.63) is 35.5 Å². The zero-order valence-corrected chi connectivity index (χ0v) is 7.36. The van der Waals surface area contributed by atoms with Crippen molar-refractivity contribution >= 4 is 0 Å². The summed E-state index contributed by atoms with van der Waals surface area (Å²) in [5.41, 5.74) is 4.03. The van der Waals surface area contributed by atoms with Gasteiger partial charge in [-0.2, -0.15) is 0 Å². The van der Waals surface area contributed by atoms with Crippen LogP contribution in [0.3, 0.4) is 0 Å². The SMILES string of the molecule is C=CC=C(C)C(C)=C(C)C. The lowest BCUT2D eigenvalue weighted by molar-refractivity contribution is 1.23. The van der Waals surface area contributed by atoms with Gasteiger partial charge in [-0.3, -0.25) is 0 Å². The van der Waals surface area contributed by atoms with Gasteiger partial charge in [-0.15, -0.1) is 0 Å². The Morgan fingerprint density at radius 2 is 1.60 bits per heavy atom. The van der Waals surface area contributed by atoms with Crippen LogP contribution in [0.4, 0.5) is 0 Å². The molecule has 0 aromatic carbocycles. The van der Waals surface area contributed by atoms with Crippen LogP contribution in [0.1, 0.15) is 27.7 Å². The third-order valence-corrected chi connectivity index (χ3v) is 1.71. The predicted molar refractivity (Wildman–Crippen MR) is 48.0 cm³/mol. The fraction of sp³-hybridized carbons (Fsp3) is 0.400. The lowest BCUT2D eigenvalue weighted by Gasteiger charge is -2.01. The van der Waals surface area contributed by atoms with Crippen molar-refractivity contribution in [1.29, 1.82) is 0 Å². The predicted octanol–water partition coefficient (Wildman–Crippen LogP) is 3.48. The molecule has 0 unspecified atom stereocenters. The Bertz CT molecular complexity index is 176. The maximum absolute atomic E-state index is 3.64. The van der Waals surface area contributed by atoms with Gasteiger partial charge in [0.2, 0.25) is 0 Å². The van der Waals surface area contributed by atoms with Crippen LogP contribution >= 0.6 is 0 Å². The second-order valence-corrected chi connectivity index (χ2v) is 2.71. The highest BCUT2D eigenvalue weighted by Crippen LogP contribution is 2.12. The first-order valence-electron chi connectivity index (χ1n) is 3.53. The highest BCUT2D eigenvalue weighted by atomic mass is 14.0. The normalized spacial score (nSPS) is 11.0. The Morgan fingerprint density at radius 1 is 1.10 bits per heavy atom. The van der Waals surface area contributed by atoms with Gasteiger partial charge in [0.05, 0.1) is 0 Å². The molecule has 0 fully saturated rings. The largest absolute Gasteiger partial charge is 0.0991 e. The Balaban J connectivity index is 4.51. The van der Waals surface area contributed by atoms with Crippen LogP contribution in [-0.4, -0.2) is 0 Å². The summed E-state index contributed by atoms with van der Waals surface area (Å²) in [6.07, 6.45) is 3.85. The highest BCUT2D eigenvalue weighted by molar-refractivity contribution is 5.32. The minimum Gasteiger partial charge on any atom is -0.0991 e. The molecule has 0 aliphatic carbocycles. The van der Waals surface area contributed by atoms with E-state index >= 15 is 0 Å². The lowest BCUT2D eigenvalue weighted by Crippen LogP contribution is -1.81. The van der Waals surface area contributed by atoms with E-state index in [0.29, 0.717) is 0 Å². The molecule has 0 saturated heterocycles. The van der Waals surface area contributed by atoms with Crippen LogP contribution < -0.4 is 0 Å². The fourth-order valence-electron chi connectivity index (χ4n) is 0.696. The molecule has 0 atom stereocenters. The summed E-state index contributed by atoms with van der Waals surface area (Å²) in [5, 5.41) is 0. The molecule has 0 aliphatic rings. The Kier molecular flexibility index (Phi) is 3.78. The van der Waals surface area contributed by atoms with Crippen LogP contribution in [0.5, 0.6) is 0 Å². The molecule has 0 heterocycles. The number of rotatable bonds is 2. The van der Waals surface area contributed by atoms with Crippen molar-refractivity contribution in [3.8, 4) is 0 Å². The van der Waals surface area contributed by atoms with E-state index in [9.17, 15) is 0 Å². The van der Waals surface area contributed by atoms with E-state index in [1.54, 1.807) is 0 Å². The fourth-order valence-corrected chi connectivity index (χ4v) is 0.696. The van der Waals surface area contributed by atoms with Gasteiger partial charge >= 0.3 is 0 Å². The van der Waals surface area contributed by atoms with Gasteiger partial charge in [0.15, 0.2) is 0 Å². The van der Waals surface area contributed by atoms with Crippen LogP contribution in [0, 0.1) is 0 Å². The molecule has 10 heavy (non-hydrogen) atoms. The van der Waals surface area contributed by atoms with Crippen LogP contribution in [0.15, 0.2) is 35.5 Å². The zero-order valence-electron chi connectivity index (χ0n) is 7.36. The van der Waals surface area contributed by atoms with E-state index in [1.807, 2.05) is 12.2 Å². The van der Waals surface area contributed by atoms with Crippen LogP contribution in [0.25, 0.3) is 0 Å². The van der Waals surface area contributed by atoms with E-state index in [2.05, 4.69) is 34.3 Å². The van der Waals surface area contributed by atoms with Crippen LogP contribution in [0.2, 0.25) is 0 Å². The highest BCUT2D eigenvalue weighted by Gasteiger charge is 1.91. The molecule has 0 aromatic heterocycles. The van der Waals surface area contributed by atoms with Gasteiger partial charge in [-0.25, -0.2) is 0 Å². The summed E-state index contributed by atoms with van der Waals surface area (Å²) in [5.74, 6) is 0. The maximum Gasteiger partial charge on any atom is -0.0395 e. The molecule has 0 aliphatic heterocycles. The third kappa shape index (κ3) is 2.67. The van der Waals surface area contributed by atoms with Crippen molar-refractivity contribution in [2.45, 2.75) is 27.7 Å². The van der Waals surface area contributed by atoms with E-state index in [4.69, 9.17) is 0 Å². The first-order chi connectivity index (χ1) is 4.59. The summed E-state index contributed by atoms with van der Waals surface area (Å²) >= 11 is 0. The zero-order chi connectivity index (χ0) is 8.15. The van der Waals surface area contributed by atoms with Crippen molar-refractivity contribution in [2.24, 2.45) is 0 Å². The Hall–Kier alpha value is -0.780. The molecule has 0 saturated carbocycles. The molecule has 0 radical (unpaired) electrons. The summed E-state index contributed by atoms with van der Waals surface area (Å²) < 4.78 is 0. The van der Waals surface area contributed by atoms with Gasteiger partial charge in [-0.1, -0.05) is 24.3 Å². The molecular weight excluding hydrogens is 120 g/mol. The minimum absolute atomic E-state index is 1.30. The molecule has 0 rings (SSSR count). The molecule has 0 spiro atoms. The van der Waals surface area contributed by atoms with Crippen molar-refractivity contribution in [3.63, 3.8) is 0 Å². The first kappa shape index (κ1) is 9.22. The van der Waals surface area contributed by atoms with Gasteiger partial charge in [-0.05, 0) is 38.8 Å². The molecule has 0 amide bonds. The average molecular weight is 136 g/mol. The topological polar surface area (TPSA) is 0 Å². The van der Waals surface area contributed by atoms with Gasteiger partial charge in [0.25, 0.3) is 0 Å². The van der Waals surface area contributed by atoms with Crippen molar-refractivity contribution in [1.82, 2.24) is 0 Å². The Morgan fingerprint density at radius 3 is 1.90 bits per heavy atom. The average Bonchev–Trinajstić information content (AvgIpc) is 1.87. The number of hydrogen-bond acceptors (Lipinski definition) is 0.